The molecule has 0 bridgehead atoms. The standard InChI is InChI=1S/C23H21Cl2NO2S/c1-2-28-22-11-9-16(12-18(22)15-29-20-6-4-3-5-7-20)23(27)26-14-17-8-10-19(24)13-21(17)25/h3-13H,2,14-15H2,1H3,(H,26,27). The maximum absolute atomic E-state index is 12.7. The summed E-state index contributed by atoms with van der Waals surface area (Å²) in [7, 11) is 0. The average molecular weight is 446 g/mol. The first-order chi connectivity index (χ1) is 14.1. The summed E-state index contributed by atoms with van der Waals surface area (Å²) in [5.41, 5.74) is 2.38. The van der Waals surface area contributed by atoms with Gasteiger partial charge in [0.25, 0.3) is 5.91 Å². The van der Waals surface area contributed by atoms with Gasteiger partial charge in [0.05, 0.1) is 6.61 Å². The Morgan fingerprint density at radius 2 is 1.79 bits per heavy atom. The highest BCUT2D eigenvalue weighted by Gasteiger charge is 2.12. The largest absolute Gasteiger partial charge is 0.494 e. The van der Waals surface area contributed by atoms with E-state index in [0.29, 0.717) is 34.5 Å². The summed E-state index contributed by atoms with van der Waals surface area (Å²) in [4.78, 5) is 13.8. The van der Waals surface area contributed by atoms with Crippen molar-refractivity contribution in [3.8, 4) is 5.75 Å². The molecule has 3 aromatic carbocycles. The molecule has 0 atom stereocenters. The lowest BCUT2D eigenvalue weighted by molar-refractivity contribution is 0.0951. The van der Waals surface area contributed by atoms with Crippen LogP contribution in [0.3, 0.4) is 0 Å². The van der Waals surface area contributed by atoms with E-state index < -0.39 is 0 Å². The molecule has 6 heteroatoms. The molecule has 0 unspecified atom stereocenters. The van der Waals surface area contributed by atoms with Crippen molar-refractivity contribution >= 4 is 40.9 Å². The van der Waals surface area contributed by atoms with Crippen LogP contribution in [0.1, 0.15) is 28.4 Å². The molecule has 0 aliphatic heterocycles. The first-order valence-electron chi connectivity index (χ1n) is 9.22. The Morgan fingerprint density at radius 3 is 2.52 bits per heavy atom. The summed E-state index contributed by atoms with van der Waals surface area (Å²) < 4.78 is 5.74. The zero-order chi connectivity index (χ0) is 20.6. The fourth-order valence-corrected chi connectivity index (χ4v) is 4.12. The zero-order valence-corrected chi connectivity index (χ0v) is 18.3. The molecule has 150 valence electrons. The van der Waals surface area contributed by atoms with Crippen LogP contribution in [0, 0.1) is 0 Å². The number of amides is 1. The van der Waals surface area contributed by atoms with Gasteiger partial charge in [-0.05, 0) is 55.0 Å². The van der Waals surface area contributed by atoms with E-state index in [-0.39, 0.29) is 5.91 Å². The van der Waals surface area contributed by atoms with Crippen LogP contribution in [0.5, 0.6) is 5.75 Å². The van der Waals surface area contributed by atoms with Crippen LogP contribution in [-0.4, -0.2) is 12.5 Å². The molecule has 1 N–H and O–H groups in total. The molecule has 0 aliphatic rings. The lowest BCUT2D eigenvalue weighted by Crippen LogP contribution is -2.23. The zero-order valence-electron chi connectivity index (χ0n) is 16.0. The molecule has 0 aromatic heterocycles. The van der Waals surface area contributed by atoms with Crippen molar-refractivity contribution < 1.29 is 9.53 Å². The molecule has 0 saturated carbocycles. The van der Waals surface area contributed by atoms with Crippen molar-refractivity contribution in [1.82, 2.24) is 5.32 Å². The van der Waals surface area contributed by atoms with Gasteiger partial charge >= 0.3 is 0 Å². The minimum atomic E-state index is -0.162. The lowest BCUT2D eigenvalue weighted by atomic mass is 10.1. The van der Waals surface area contributed by atoms with Crippen LogP contribution in [0.15, 0.2) is 71.6 Å². The first-order valence-corrected chi connectivity index (χ1v) is 11.0. The number of nitrogens with one attached hydrogen (secondary N) is 1. The van der Waals surface area contributed by atoms with E-state index in [9.17, 15) is 4.79 Å². The quantitative estimate of drug-likeness (QED) is 0.396. The molecular weight excluding hydrogens is 425 g/mol. The van der Waals surface area contributed by atoms with Crippen LogP contribution >= 0.6 is 35.0 Å². The molecule has 3 nitrogen and oxygen atoms in total. The van der Waals surface area contributed by atoms with Crippen molar-refractivity contribution in [2.75, 3.05) is 6.61 Å². The van der Waals surface area contributed by atoms with Gasteiger partial charge in [-0.25, -0.2) is 0 Å². The van der Waals surface area contributed by atoms with Gasteiger partial charge in [-0.15, -0.1) is 11.8 Å². The summed E-state index contributed by atoms with van der Waals surface area (Å²) in [6.45, 7) is 2.85. The lowest BCUT2D eigenvalue weighted by Gasteiger charge is -2.13. The van der Waals surface area contributed by atoms with Gasteiger partial charge in [0.15, 0.2) is 0 Å². The summed E-state index contributed by atoms with van der Waals surface area (Å²) in [6, 6.07) is 20.9. The molecule has 3 rings (SSSR count). The predicted octanol–water partition coefficient (Wildman–Crippen LogP) is 6.61. The van der Waals surface area contributed by atoms with E-state index in [1.165, 1.54) is 4.90 Å². The summed E-state index contributed by atoms with van der Waals surface area (Å²) in [6.07, 6.45) is 0. The Balaban J connectivity index is 1.71. The normalized spacial score (nSPS) is 10.6. The van der Waals surface area contributed by atoms with Gasteiger partial charge in [0.1, 0.15) is 5.75 Å². The second-order valence-corrected chi connectivity index (χ2v) is 8.17. The van der Waals surface area contributed by atoms with Gasteiger partial charge in [-0.2, -0.15) is 0 Å². The molecule has 0 radical (unpaired) electrons. The average Bonchev–Trinajstić information content (AvgIpc) is 2.73. The molecule has 29 heavy (non-hydrogen) atoms. The maximum atomic E-state index is 12.7. The molecule has 3 aromatic rings. The molecular formula is C23H21Cl2NO2S. The molecule has 1 amide bonds. The highest BCUT2D eigenvalue weighted by atomic mass is 35.5. The van der Waals surface area contributed by atoms with E-state index in [2.05, 4.69) is 17.4 Å². The second kappa shape index (κ2) is 10.6. The highest BCUT2D eigenvalue weighted by molar-refractivity contribution is 7.98. The molecule has 0 aliphatic carbocycles. The summed E-state index contributed by atoms with van der Waals surface area (Å²) >= 11 is 13.8. The topological polar surface area (TPSA) is 38.3 Å². The van der Waals surface area contributed by atoms with Gasteiger partial charge in [0.2, 0.25) is 0 Å². The first kappa shape index (κ1) is 21.6. The number of carbonyl (C=O) groups is 1. The minimum absolute atomic E-state index is 0.162. The Morgan fingerprint density at radius 1 is 1.00 bits per heavy atom. The third-order valence-electron chi connectivity index (χ3n) is 4.21. The van der Waals surface area contributed by atoms with Crippen LogP contribution in [0.2, 0.25) is 10.0 Å². The third-order valence-corrected chi connectivity index (χ3v) is 5.86. The number of rotatable bonds is 8. The van der Waals surface area contributed by atoms with Crippen LogP contribution in [0.4, 0.5) is 0 Å². The van der Waals surface area contributed by atoms with Crippen LogP contribution < -0.4 is 10.1 Å². The number of hydrogen-bond donors (Lipinski definition) is 1. The van der Waals surface area contributed by atoms with E-state index in [1.807, 2.05) is 43.3 Å². The fraction of sp³-hybridized carbons (Fsp3) is 0.174. The van der Waals surface area contributed by atoms with Crippen molar-refractivity contribution in [3.63, 3.8) is 0 Å². The Labute approximate surface area is 185 Å². The van der Waals surface area contributed by atoms with Gasteiger partial charge < -0.3 is 10.1 Å². The van der Waals surface area contributed by atoms with Crippen LogP contribution in [-0.2, 0) is 12.3 Å². The Bertz CT molecular complexity index is 980. The van der Waals surface area contributed by atoms with Crippen molar-refractivity contribution in [3.05, 3.63) is 93.5 Å². The second-order valence-electron chi connectivity index (χ2n) is 6.28. The van der Waals surface area contributed by atoms with Gasteiger partial charge in [-0.3, -0.25) is 4.79 Å². The van der Waals surface area contributed by atoms with Crippen molar-refractivity contribution in [2.45, 2.75) is 24.1 Å². The summed E-state index contributed by atoms with van der Waals surface area (Å²) in [5.74, 6) is 1.35. The Hall–Kier alpha value is -2.14. The van der Waals surface area contributed by atoms with E-state index in [0.717, 1.165) is 16.9 Å². The SMILES string of the molecule is CCOc1ccc(C(=O)NCc2ccc(Cl)cc2Cl)cc1CSc1ccccc1. The summed E-state index contributed by atoms with van der Waals surface area (Å²) in [5, 5.41) is 4.01. The van der Waals surface area contributed by atoms with E-state index in [4.69, 9.17) is 27.9 Å². The van der Waals surface area contributed by atoms with E-state index >= 15 is 0 Å². The number of halogens is 2. The number of carbonyl (C=O) groups excluding carboxylic acids is 1. The predicted molar refractivity (Wildman–Crippen MR) is 121 cm³/mol. The molecule has 0 saturated heterocycles. The molecule has 0 heterocycles. The highest BCUT2D eigenvalue weighted by Crippen LogP contribution is 2.29. The monoisotopic (exact) mass is 445 g/mol. The van der Waals surface area contributed by atoms with Crippen molar-refractivity contribution in [1.29, 1.82) is 0 Å². The molecule has 0 fully saturated rings. The smallest absolute Gasteiger partial charge is 0.251 e. The maximum Gasteiger partial charge on any atom is 0.251 e. The number of benzene rings is 3. The van der Waals surface area contributed by atoms with Gasteiger partial charge in [-0.1, -0.05) is 47.5 Å². The Kier molecular flexibility index (Phi) is 7.87. The molecule has 0 spiro atoms. The number of thioether (sulfide) groups is 1. The number of ether oxygens (including phenoxy) is 1. The van der Waals surface area contributed by atoms with E-state index in [1.54, 1.807) is 30.0 Å². The van der Waals surface area contributed by atoms with Gasteiger partial charge in [0, 0.05) is 38.4 Å². The van der Waals surface area contributed by atoms with Crippen molar-refractivity contribution in [2.24, 2.45) is 0 Å². The van der Waals surface area contributed by atoms with Crippen LogP contribution in [0.25, 0.3) is 0 Å². The minimum Gasteiger partial charge on any atom is -0.494 e. The fourth-order valence-electron chi connectivity index (χ4n) is 2.75. The number of hydrogen-bond acceptors (Lipinski definition) is 3. The third kappa shape index (κ3) is 6.17.